The van der Waals surface area contributed by atoms with E-state index in [1.807, 2.05) is 13.8 Å². The highest BCUT2D eigenvalue weighted by Gasteiger charge is 2.40. The van der Waals surface area contributed by atoms with Crippen LogP contribution in [-0.4, -0.2) is 36.3 Å². The zero-order valence-corrected chi connectivity index (χ0v) is 13.0. The maximum Gasteiger partial charge on any atom is 0.245 e. The van der Waals surface area contributed by atoms with Crippen molar-refractivity contribution in [2.75, 3.05) is 13.1 Å². The second kappa shape index (κ2) is 6.60. The maximum absolute atomic E-state index is 13.2. The van der Waals surface area contributed by atoms with E-state index >= 15 is 0 Å². The van der Waals surface area contributed by atoms with Crippen molar-refractivity contribution in [2.24, 2.45) is 5.73 Å². The molecule has 0 saturated carbocycles. The zero-order valence-electron chi connectivity index (χ0n) is 12.1. The molecule has 20 heavy (non-hydrogen) atoms. The molecule has 0 spiro atoms. The summed E-state index contributed by atoms with van der Waals surface area (Å²) in [6.07, 6.45) is 3.32. The Morgan fingerprint density at radius 1 is 1.30 bits per heavy atom. The van der Waals surface area contributed by atoms with E-state index in [4.69, 9.17) is 5.73 Å². The topological polar surface area (TPSA) is 76.3 Å². The van der Waals surface area contributed by atoms with Crippen LogP contribution in [0.25, 0.3) is 0 Å². The van der Waals surface area contributed by atoms with E-state index in [2.05, 4.69) is 4.98 Å². The molecule has 2 N–H and O–H groups in total. The number of hydrogen-bond acceptors (Lipinski definition) is 4. The van der Waals surface area contributed by atoms with Crippen LogP contribution < -0.4 is 5.73 Å². The summed E-state index contributed by atoms with van der Waals surface area (Å²) in [4.78, 5) is 3.47. The van der Waals surface area contributed by atoms with Crippen molar-refractivity contribution in [3.8, 4) is 0 Å². The van der Waals surface area contributed by atoms with Gasteiger partial charge in [-0.2, -0.15) is 4.31 Å². The Morgan fingerprint density at radius 2 is 1.90 bits per heavy atom. The number of sulfonamides is 1. The standard InChI is InChI=1S/C13H22FN3O2S/c1-4-13(5-2,10-15)17(6-3)20(18,19)12-7-11(14)8-16-9-12/h7-9H,4-6,10,15H2,1-3H3. The van der Waals surface area contributed by atoms with Crippen LogP contribution in [0.4, 0.5) is 4.39 Å². The summed E-state index contributed by atoms with van der Waals surface area (Å²) in [5.41, 5.74) is 5.16. The van der Waals surface area contributed by atoms with Crippen molar-refractivity contribution in [3.05, 3.63) is 24.3 Å². The summed E-state index contributed by atoms with van der Waals surface area (Å²) in [7, 11) is -3.82. The fourth-order valence-corrected chi connectivity index (χ4v) is 4.31. The van der Waals surface area contributed by atoms with Gasteiger partial charge in [-0.25, -0.2) is 12.8 Å². The molecule has 0 amide bonds. The van der Waals surface area contributed by atoms with Crippen LogP contribution in [0.5, 0.6) is 0 Å². The summed E-state index contributed by atoms with van der Waals surface area (Å²) in [5, 5.41) is 0. The molecule has 0 fully saturated rings. The Bertz CT molecular complexity index is 536. The van der Waals surface area contributed by atoms with Crippen molar-refractivity contribution in [1.82, 2.24) is 9.29 Å². The molecule has 7 heteroatoms. The molecule has 1 heterocycles. The minimum absolute atomic E-state index is 0.140. The zero-order chi connectivity index (χ0) is 15.4. The summed E-state index contributed by atoms with van der Waals surface area (Å²) in [6, 6.07) is 0.984. The molecule has 114 valence electrons. The van der Waals surface area contributed by atoms with Crippen LogP contribution in [-0.2, 0) is 10.0 Å². The largest absolute Gasteiger partial charge is 0.329 e. The number of rotatable bonds is 7. The van der Waals surface area contributed by atoms with Crippen LogP contribution >= 0.6 is 0 Å². The molecule has 1 rings (SSSR count). The van der Waals surface area contributed by atoms with Gasteiger partial charge >= 0.3 is 0 Å². The first kappa shape index (κ1) is 17.0. The first-order valence-corrected chi connectivity index (χ1v) is 8.15. The van der Waals surface area contributed by atoms with E-state index < -0.39 is 21.4 Å². The Kier molecular flexibility index (Phi) is 5.61. The van der Waals surface area contributed by atoms with E-state index in [0.29, 0.717) is 12.8 Å². The van der Waals surface area contributed by atoms with E-state index in [0.717, 1.165) is 18.5 Å². The smallest absolute Gasteiger partial charge is 0.245 e. The van der Waals surface area contributed by atoms with Gasteiger partial charge in [0.25, 0.3) is 0 Å². The molecular formula is C13H22FN3O2S. The number of nitrogens with zero attached hydrogens (tertiary/aromatic N) is 2. The van der Waals surface area contributed by atoms with Crippen LogP contribution in [0, 0.1) is 5.82 Å². The fraction of sp³-hybridized carbons (Fsp3) is 0.615. The van der Waals surface area contributed by atoms with Gasteiger partial charge in [-0.05, 0) is 18.9 Å². The molecule has 1 aromatic heterocycles. The van der Waals surface area contributed by atoms with E-state index in [-0.39, 0.29) is 18.0 Å². The van der Waals surface area contributed by atoms with Gasteiger partial charge in [0.15, 0.2) is 0 Å². The van der Waals surface area contributed by atoms with Gasteiger partial charge < -0.3 is 5.73 Å². The Hall–Kier alpha value is -1.05. The lowest BCUT2D eigenvalue weighted by molar-refractivity contribution is 0.184. The predicted octanol–water partition coefficient (Wildman–Crippen LogP) is 1.75. The normalized spacial score (nSPS) is 12.9. The molecule has 0 aliphatic carbocycles. The molecule has 0 aromatic carbocycles. The van der Waals surface area contributed by atoms with Gasteiger partial charge in [0, 0.05) is 24.8 Å². The second-order valence-corrected chi connectivity index (χ2v) is 6.51. The Morgan fingerprint density at radius 3 is 2.30 bits per heavy atom. The number of aromatic nitrogens is 1. The number of hydrogen-bond donors (Lipinski definition) is 1. The van der Waals surface area contributed by atoms with Gasteiger partial charge in [-0.15, -0.1) is 0 Å². The number of pyridine rings is 1. The van der Waals surface area contributed by atoms with Crippen molar-refractivity contribution in [3.63, 3.8) is 0 Å². The van der Waals surface area contributed by atoms with E-state index in [1.165, 1.54) is 4.31 Å². The third kappa shape index (κ3) is 2.99. The van der Waals surface area contributed by atoms with Gasteiger partial charge in [0.05, 0.1) is 6.20 Å². The van der Waals surface area contributed by atoms with E-state index in [9.17, 15) is 12.8 Å². The number of halogens is 1. The molecule has 0 bridgehead atoms. The first-order valence-electron chi connectivity index (χ1n) is 6.71. The number of likely N-dealkylation sites (N-methyl/N-ethyl adjacent to an activating group) is 1. The summed E-state index contributed by atoms with van der Waals surface area (Å²) in [6.45, 7) is 6.05. The summed E-state index contributed by atoms with van der Waals surface area (Å²) >= 11 is 0. The highest BCUT2D eigenvalue weighted by atomic mass is 32.2. The fourth-order valence-electron chi connectivity index (χ4n) is 2.41. The average molecular weight is 303 g/mol. The highest BCUT2D eigenvalue weighted by molar-refractivity contribution is 7.89. The lowest BCUT2D eigenvalue weighted by atomic mass is 9.93. The monoisotopic (exact) mass is 303 g/mol. The minimum atomic E-state index is -3.82. The molecule has 0 atom stereocenters. The SMILES string of the molecule is CCN(C(CC)(CC)CN)S(=O)(=O)c1cncc(F)c1. The molecular weight excluding hydrogens is 281 g/mol. The maximum atomic E-state index is 13.2. The second-order valence-electron chi connectivity index (χ2n) is 4.64. The van der Waals surface area contributed by atoms with Crippen molar-refractivity contribution < 1.29 is 12.8 Å². The highest BCUT2D eigenvalue weighted by Crippen LogP contribution is 2.29. The quantitative estimate of drug-likeness (QED) is 0.832. The molecule has 1 aromatic rings. The lowest BCUT2D eigenvalue weighted by Gasteiger charge is -2.40. The van der Waals surface area contributed by atoms with Crippen molar-refractivity contribution in [2.45, 2.75) is 44.0 Å². The third-order valence-corrected chi connectivity index (χ3v) is 5.83. The molecule has 0 radical (unpaired) electrons. The molecule has 0 aliphatic heterocycles. The molecule has 0 aliphatic rings. The third-order valence-electron chi connectivity index (χ3n) is 3.78. The Balaban J connectivity index is 3.36. The van der Waals surface area contributed by atoms with Crippen LogP contribution in [0.2, 0.25) is 0 Å². The predicted molar refractivity (Wildman–Crippen MR) is 76.1 cm³/mol. The molecule has 5 nitrogen and oxygen atoms in total. The summed E-state index contributed by atoms with van der Waals surface area (Å²) < 4.78 is 40.0. The van der Waals surface area contributed by atoms with Gasteiger partial charge in [0.1, 0.15) is 10.7 Å². The van der Waals surface area contributed by atoms with Gasteiger partial charge in [-0.3, -0.25) is 4.98 Å². The number of nitrogens with two attached hydrogens (primary N) is 1. The van der Waals surface area contributed by atoms with Crippen LogP contribution in [0.3, 0.4) is 0 Å². The van der Waals surface area contributed by atoms with E-state index in [1.54, 1.807) is 6.92 Å². The molecule has 0 unspecified atom stereocenters. The van der Waals surface area contributed by atoms with Gasteiger partial charge in [-0.1, -0.05) is 20.8 Å². The molecule has 0 saturated heterocycles. The Labute approximate surface area is 120 Å². The van der Waals surface area contributed by atoms with Gasteiger partial charge in [0.2, 0.25) is 10.0 Å². The van der Waals surface area contributed by atoms with Crippen molar-refractivity contribution in [1.29, 1.82) is 0 Å². The minimum Gasteiger partial charge on any atom is -0.329 e. The van der Waals surface area contributed by atoms with Crippen LogP contribution in [0.1, 0.15) is 33.6 Å². The van der Waals surface area contributed by atoms with Crippen molar-refractivity contribution >= 4 is 10.0 Å². The first-order chi connectivity index (χ1) is 9.37. The summed E-state index contributed by atoms with van der Waals surface area (Å²) in [5.74, 6) is -0.673. The van der Waals surface area contributed by atoms with Crippen LogP contribution in [0.15, 0.2) is 23.4 Å². The lowest BCUT2D eigenvalue weighted by Crippen LogP contribution is -2.55. The average Bonchev–Trinajstić information content (AvgIpc) is 2.44.